The topological polar surface area (TPSA) is 69.7 Å². The minimum Gasteiger partial charge on any atom is -0.493 e. The fourth-order valence-corrected chi connectivity index (χ4v) is 5.14. The van der Waals surface area contributed by atoms with Gasteiger partial charge in [0.1, 0.15) is 5.75 Å². The number of nitrogens with one attached hydrogen (secondary N) is 1. The zero-order chi connectivity index (χ0) is 23.2. The Balaban J connectivity index is 1.36. The van der Waals surface area contributed by atoms with Gasteiger partial charge in [0.2, 0.25) is 0 Å². The molecule has 1 amide bonds. The van der Waals surface area contributed by atoms with E-state index in [0.717, 1.165) is 26.1 Å². The lowest BCUT2D eigenvalue weighted by Crippen LogP contribution is -2.12. The quantitative estimate of drug-likeness (QED) is 0.232. The van der Waals surface area contributed by atoms with Crippen molar-refractivity contribution in [3.8, 4) is 17.2 Å². The summed E-state index contributed by atoms with van der Waals surface area (Å²) in [6.07, 6.45) is 0. The fraction of sp³-hybridized carbons (Fsp3) is 0.200. The SMILES string of the molecule is COc1ccc(C(=O)Nc2ccc3nc(SCCOc4ccc(C)cc4)sc3c2)cc1OC. The van der Waals surface area contributed by atoms with Gasteiger partial charge in [0.15, 0.2) is 15.8 Å². The van der Waals surface area contributed by atoms with E-state index >= 15 is 0 Å². The summed E-state index contributed by atoms with van der Waals surface area (Å²) in [6.45, 7) is 2.66. The van der Waals surface area contributed by atoms with Crippen molar-refractivity contribution in [3.05, 3.63) is 71.8 Å². The van der Waals surface area contributed by atoms with E-state index in [9.17, 15) is 4.79 Å². The normalized spacial score (nSPS) is 10.8. The second-order valence-corrected chi connectivity index (χ2v) is 9.57. The van der Waals surface area contributed by atoms with Crippen molar-refractivity contribution in [2.45, 2.75) is 11.3 Å². The molecule has 170 valence electrons. The highest BCUT2D eigenvalue weighted by molar-refractivity contribution is 8.01. The van der Waals surface area contributed by atoms with Gasteiger partial charge in [-0.2, -0.15) is 0 Å². The minimum atomic E-state index is -0.220. The van der Waals surface area contributed by atoms with Crippen molar-refractivity contribution in [3.63, 3.8) is 0 Å². The van der Waals surface area contributed by atoms with Crippen molar-refractivity contribution in [2.75, 3.05) is 31.9 Å². The number of rotatable bonds is 9. The number of benzene rings is 3. The number of amides is 1. The van der Waals surface area contributed by atoms with Crippen LogP contribution < -0.4 is 19.5 Å². The highest BCUT2D eigenvalue weighted by Gasteiger charge is 2.12. The van der Waals surface area contributed by atoms with Crippen molar-refractivity contribution < 1.29 is 19.0 Å². The van der Waals surface area contributed by atoms with Gasteiger partial charge in [0, 0.05) is 17.0 Å². The molecule has 0 atom stereocenters. The number of aromatic nitrogens is 1. The Bertz CT molecular complexity index is 1260. The fourth-order valence-electron chi connectivity index (χ4n) is 3.15. The number of nitrogens with zero attached hydrogens (tertiary/aromatic N) is 1. The number of hydrogen-bond acceptors (Lipinski definition) is 7. The van der Waals surface area contributed by atoms with Crippen LogP contribution in [0.2, 0.25) is 0 Å². The smallest absolute Gasteiger partial charge is 0.255 e. The van der Waals surface area contributed by atoms with E-state index in [1.54, 1.807) is 55.5 Å². The summed E-state index contributed by atoms with van der Waals surface area (Å²) in [4.78, 5) is 17.4. The summed E-state index contributed by atoms with van der Waals surface area (Å²) in [7, 11) is 3.10. The van der Waals surface area contributed by atoms with Gasteiger partial charge in [-0.05, 0) is 55.5 Å². The predicted molar refractivity (Wildman–Crippen MR) is 135 cm³/mol. The van der Waals surface area contributed by atoms with Gasteiger partial charge in [-0.15, -0.1) is 11.3 Å². The van der Waals surface area contributed by atoms with Gasteiger partial charge in [0.25, 0.3) is 5.91 Å². The van der Waals surface area contributed by atoms with Crippen LogP contribution in [0.25, 0.3) is 10.2 Å². The summed E-state index contributed by atoms with van der Waals surface area (Å²) in [5, 5.41) is 2.94. The lowest BCUT2D eigenvalue weighted by atomic mass is 10.2. The maximum Gasteiger partial charge on any atom is 0.255 e. The molecule has 1 heterocycles. The number of ether oxygens (including phenoxy) is 3. The van der Waals surface area contributed by atoms with Crippen LogP contribution in [-0.2, 0) is 0 Å². The first-order valence-electron chi connectivity index (χ1n) is 10.3. The maximum atomic E-state index is 12.7. The molecule has 33 heavy (non-hydrogen) atoms. The van der Waals surface area contributed by atoms with Crippen molar-refractivity contribution in [1.82, 2.24) is 4.98 Å². The van der Waals surface area contributed by atoms with E-state index in [2.05, 4.69) is 17.2 Å². The predicted octanol–water partition coefficient (Wildman–Crippen LogP) is 6.05. The van der Waals surface area contributed by atoms with E-state index in [1.807, 2.05) is 42.5 Å². The van der Waals surface area contributed by atoms with Gasteiger partial charge < -0.3 is 19.5 Å². The Kier molecular flexibility index (Phi) is 7.36. The molecule has 0 saturated heterocycles. The number of hydrogen-bond donors (Lipinski definition) is 1. The molecule has 0 aliphatic rings. The van der Waals surface area contributed by atoms with Crippen LogP contribution in [0.1, 0.15) is 15.9 Å². The largest absolute Gasteiger partial charge is 0.493 e. The standard InChI is InChI=1S/C25H24N2O4S2/c1-16-4-8-19(9-5-16)31-12-13-32-25-27-20-10-7-18(15-23(20)33-25)26-24(28)17-6-11-21(29-2)22(14-17)30-3/h4-11,14-15H,12-13H2,1-3H3,(H,26,28). The number of thiazole rings is 1. The number of thioether (sulfide) groups is 1. The minimum absolute atomic E-state index is 0.220. The highest BCUT2D eigenvalue weighted by Crippen LogP contribution is 2.32. The number of carbonyl (C=O) groups is 1. The summed E-state index contributed by atoms with van der Waals surface area (Å²) in [5.74, 6) is 2.55. The van der Waals surface area contributed by atoms with Crippen molar-refractivity contribution in [2.24, 2.45) is 0 Å². The van der Waals surface area contributed by atoms with E-state index in [-0.39, 0.29) is 5.91 Å². The van der Waals surface area contributed by atoms with Gasteiger partial charge in [-0.3, -0.25) is 4.79 Å². The number of fused-ring (bicyclic) bond motifs is 1. The summed E-state index contributed by atoms with van der Waals surface area (Å²) < 4.78 is 18.3. The van der Waals surface area contributed by atoms with Crippen LogP contribution >= 0.6 is 23.1 Å². The molecule has 6 nitrogen and oxygen atoms in total. The summed E-state index contributed by atoms with van der Waals surface area (Å²) in [5.41, 5.74) is 3.32. The van der Waals surface area contributed by atoms with E-state index < -0.39 is 0 Å². The van der Waals surface area contributed by atoms with E-state index in [4.69, 9.17) is 14.2 Å². The monoisotopic (exact) mass is 480 g/mol. The Labute approximate surface area is 200 Å². The average Bonchev–Trinajstić information content (AvgIpc) is 3.24. The molecule has 0 spiro atoms. The average molecular weight is 481 g/mol. The van der Waals surface area contributed by atoms with Gasteiger partial charge in [-0.1, -0.05) is 29.5 Å². The molecule has 0 bridgehead atoms. The van der Waals surface area contributed by atoms with Crippen LogP contribution in [0.3, 0.4) is 0 Å². The number of anilines is 1. The van der Waals surface area contributed by atoms with Crippen LogP contribution in [0, 0.1) is 6.92 Å². The van der Waals surface area contributed by atoms with Crippen LogP contribution in [0.15, 0.2) is 65.0 Å². The molecule has 0 radical (unpaired) electrons. The third-order valence-corrected chi connectivity index (χ3v) is 7.00. The third-order valence-electron chi connectivity index (χ3n) is 4.87. The first-order valence-corrected chi connectivity index (χ1v) is 12.1. The second kappa shape index (κ2) is 10.6. The molecule has 4 aromatic rings. The Morgan fingerprint density at radius 2 is 1.79 bits per heavy atom. The van der Waals surface area contributed by atoms with Crippen molar-refractivity contribution in [1.29, 1.82) is 0 Å². The lowest BCUT2D eigenvalue weighted by Gasteiger charge is -2.10. The molecule has 1 N–H and O–H groups in total. The first kappa shape index (κ1) is 22.9. The maximum absolute atomic E-state index is 12.7. The number of aryl methyl sites for hydroxylation is 1. The zero-order valence-corrected chi connectivity index (χ0v) is 20.2. The Morgan fingerprint density at radius 1 is 1.00 bits per heavy atom. The molecular formula is C25H24N2O4S2. The van der Waals surface area contributed by atoms with Gasteiger partial charge >= 0.3 is 0 Å². The molecule has 0 saturated carbocycles. The lowest BCUT2D eigenvalue weighted by molar-refractivity contribution is 0.102. The first-order chi connectivity index (χ1) is 16.1. The number of methoxy groups -OCH3 is 2. The number of carbonyl (C=O) groups excluding carboxylic acids is 1. The molecule has 1 aromatic heterocycles. The van der Waals surface area contributed by atoms with Crippen LogP contribution in [0.5, 0.6) is 17.2 Å². The van der Waals surface area contributed by atoms with Gasteiger partial charge in [-0.25, -0.2) is 4.98 Å². The molecule has 0 unspecified atom stereocenters. The highest BCUT2D eigenvalue weighted by atomic mass is 32.2. The second-order valence-electron chi connectivity index (χ2n) is 7.20. The molecule has 8 heteroatoms. The molecule has 3 aromatic carbocycles. The van der Waals surface area contributed by atoms with Gasteiger partial charge in [0.05, 0.1) is 31.0 Å². The molecule has 0 aliphatic carbocycles. The van der Waals surface area contributed by atoms with Crippen molar-refractivity contribution >= 4 is 44.9 Å². The van der Waals surface area contributed by atoms with E-state index in [0.29, 0.717) is 29.4 Å². The third kappa shape index (κ3) is 5.77. The van der Waals surface area contributed by atoms with E-state index in [1.165, 1.54) is 5.56 Å². The molecule has 0 fully saturated rings. The Morgan fingerprint density at radius 3 is 2.55 bits per heavy atom. The van der Waals surface area contributed by atoms with Crippen LogP contribution in [0.4, 0.5) is 5.69 Å². The molecule has 0 aliphatic heterocycles. The summed E-state index contributed by atoms with van der Waals surface area (Å²) >= 11 is 3.26. The Hall–Kier alpha value is -3.23. The molecule has 4 rings (SSSR count). The summed E-state index contributed by atoms with van der Waals surface area (Å²) in [6, 6.07) is 18.8. The van der Waals surface area contributed by atoms with Crippen LogP contribution in [-0.4, -0.2) is 37.5 Å². The molecular weight excluding hydrogens is 456 g/mol. The zero-order valence-electron chi connectivity index (χ0n) is 18.6.